The lowest BCUT2D eigenvalue weighted by Crippen LogP contribution is -2.22. The van der Waals surface area contributed by atoms with Crippen LogP contribution in [0, 0.1) is 0 Å². The van der Waals surface area contributed by atoms with E-state index < -0.39 is 0 Å². The molecule has 1 amide bonds. The van der Waals surface area contributed by atoms with E-state index in [-0.39, 0.29) is 11.2 Å². The first-order valence-corrected chi connectivity index (χ1v) is 11.2. The average Bonchev–Trinajstić information content (AvgIpc) is 2.79. The van der Waals surface area contributed by atoms with Crippen molar-refractivity contribution in [2.45, 2.75) is 17.1 Å². The number of amides is 1. The van der Waals surface area contributed by atoms with Crippen LogP contribution in [0.2, 0.25) is 0 Å². The summed E-state index contributed by atoms with van der Waals surface area (Å²) in [5.74, 6) is 1.31. The highest BCUT2D eigenvalue weighted by molar-refractivity contribution is 8.00. The van der Waals surface area contributed by atoms with E-state index in [0.29, 0.717) is 22.3 Å². The third-order valence-corrected chi connectivity index (χ3v) is 5.76. The van der Waals surface area contributed by atoms with Gasteiger partial charge in [0, 0.05) is 22.3 Å². The number of benzene rings is 3. The van der Waals surface area contributed by atoms with Gasteiger partial charge < -0.3 is 25.4 Å². The van der Waals surface area contributed by atoms with Crippen molar-refractivity contribution in [1.29, 1.82) is 0 Å². The molecule has 3 N–H and O–H groups in total. The van der Waals surface area contributed by atoms with Crippen molar-refractivity contribution in [3.8, 4) is 11.5 Å². The van der Waals surface area contributed by atoms with Gasteiger partial charge in [0.15, 0.2) is 5.11 Å². The molecule has 3 aromatic carbocycles. The van der Waals surface area contributed by atoms with E-state index in [2.05, 4.69) is 16.0 Å². The second-order valence-corrected chi connectivity index (χ2v) is 8.61. The summed E-state index contributed by atoms with van der Waals surface area (Å²) in [6.45, 7) is 1.87. The Balaban J connectivity index is 1.59. The third kappa shape index (κ3) is 6.63. The summed E-state index contributed by atoms with van der Waals surface area (Å²) >= 11 is 6.90. The maximum atomic E-state index is 12.6. The molecule has 0 aliphatic rings. The lowest BCUT2D eigenvalue weighted by Gasteiger charge is -2.15. The normalized spacial score (nSPS) is 11.2. The summed E-state index contributed by atoms with van der Waals surface area (Å²) in [6, 6.07) is 22.6. The molecule has 0 heterocycles. The number of hydrogen-bond acceptors (Lipinski definition) is 5. The Labute approximate surface area is 197 Å². The molecular formula is C24H25N3O3S2. The van der Waals surface area contributed by atoms with Crippen molar-refractivity contribution < 1.29 is 14.3 Å². The fourth-order valence-corrected chi connectivity index (χ4v) is 4.04. The Hall–Kier alpha value is -3.23. The molecule has 0 spiro atoms. The fourth-order valence-electron chi connectivity index (χ4n) is 2.88. The molecule has 0 saturated carbocycles. The second-order valence-electron chi connectivity index (χ2n) is 6.79. The molecule has 1 unspecified atom stereocenters. The van der Waals surface area contributed by atoms with Gasteiger partial charge in [0.2, 0.25) is 5.91 Å². The first-order chi connectivity index (χ1) is 15.5. The topological polar surface area (TPSA) is 71.6 Å². The van der Waals surface area contributed by atoms with Crippen molar-refractivity contribution in [1.82, 2.24) is 0 Å². The SMILES string of the molecule is COc1cccc(NC(=O)C(C)Sc2cccc(NC(=S)Nc3ccccc3OC)c2)c1. The zero-order chi connectivity index (χ0) is 22.9. The summed E-state index contributed by atoms with van der Waals surface area (Å²) in [5.41, 5.74) is 2.30. The van der Waals surface area contributed by atoms with Gasteiger partial charge in [0.1, 0.15) is 11.5 Å². The number of nitrogens with one attached hydrogen (secondary N) is 3. The molecule has 3 rings (SSSR count). The van der Waals surface area contributed by atoms with Crippen LogP contribution in [0.4, 0.5) is 17.1 Å². The number of hydrogen-bond donors (Lipinski definition) is 3. The molecule has 3 aromatic rings. The van der Waals surface area contributed by atoms with Crippen LogP contribution in [0.15, 0.2) is 77.7 Å². The molecule has 0 radical (unpaired) electrons. The van der Waals surface area contributed by atoms with Crippen LogP contribution in [0.25, 0.3) is 0 Å². The van der Waals surface area contributed by atoms with Gasteiger partial charge in [-0.25, -0.2) is 0 Å². The Kier molecular flexibility index (Phi) is 8.35. The molecule has 0 fully saturated rings. The van der Waals surface area contributed by atoms with Gasteiger partial charge in [-0.1, -0.05) is 24.3 Å². The monoisotopic (exact) mass is 467 g/mol. The van der Waals surface area contributed by atoms with Crippen LogP contribution in [0.5, 0.6) is 11.5 Å². The fraction of sp³-hybridized carbons (Fsp3) is 0.167. The highest BCUT2D eigenvalue weighted by Gasteiger charge is 2.15. The molecule has 0 aliphatic carbocycles. The van der Waals surface area contributed by atoms with E-state index in [4.69, 9.17) is 21.7 Å². The minimum atomic E-state index is -0.296. The van der Waals surface area contributed by atoms with Crippen molar-refractivity contribution in [3.63, 3.8) is 0 Å². The van der Waals surface area contributed by atoms with E-state index in [1.165, 1.54) is 11.8 Å². The zero-order valence-corrected chi connectivity index (χ0v) is 19.7. The number of thiocarbonyl (C=S) groups is 1. The third-order valence-electron chi connectivity index (χ3n) is 4.47. The van der Waals surface area contributed by atoms with Gasteiger partial charge in [-0.15, -0.1) is 11.8 Å². The van der Waals surface area contributed by atoms with Gasteiger partial charge in [0.05, 0.1) is 25.2 Å². The van der Waals surface area contributed by atoms with Gasteiger partial charge >= 0.3 is 0 Å². The van der Waals surface area contributed by atoms with Gasteiger partial charge in [-0.05, 0) is 61.6 Å². The van der Waals surface area contributed by atoms with E-state index >= 15 is 0 Å². The highest BCUT2D eigenvalue weighted by atomic mass is 32.2. The summed E-state index contributed by atoms with van der Waals surface area (Å²) in [5, 5.41) is 9.39. The van der Waals surface area contributed by atoms with Crippen molar-refractivity contribution in [3.05, 3.63) is 72.8 Å². The number of carbonyl (C=O) groups is 1. The number of para-hydroxylation sites is 2. The number of ether oxygens (including phenoxy) is 2. The largest absolute Gasteiger partial charge is 0.497 e. The van der Waals surface area contributed by atoms with Gasteiger partial charge in [-0.2, -0.15) is 0 Å². The molecule has 8 heteroatoms. The maximum Gasteiger partial charge on any atom is 0.237 e. The molecule has 0 saturated heterocycles. The summed E-state index contributed by atoms with van der Waals surface area (Å²) in [6.07, 6.45) is 0. The Bertz CT molecular complexity index is 1090. The van der Waals surface area contributed by atoms with Crippen LogP contribution in [0.3, 0.4) is 0 Å². The van der Waals surface area contributed by atoms with Crippen LogP contribution in [-0.4, -0.2) is 30.5 Å². The van der Waals surface area contributed by atoms with Crippen LogP contribution < -0.4 is 25.4 Å². The zero-order valence-electron chi connectivity index (χ0n) is 18.0. The first-order valence-electron chi connectivity index (χ1n) is 9.91. The number of rotatable bonds is 8. The highest BCUT2D eigenvalue weighted by Crippen LogP contribution is 2.28. The molecule has 32 heavy (non-hydrogen) atoms. The van der Waals surface area contributed by atoms with Crippen LogP contribution in [0.1, 0.15) is 6.92 Å². The smallest absolute Gasteiger partial charge is 0.237 e. The molecule has 0 bridgehead atoms. The van der Waals surface area contributed by atoms with Gasteiger partial charge in [0.25, 0.3) is 0 Å². The van der Waals surface area contributed by atoms with Crippen molar-refractivity contribution in [2.75, 3.05) is 30.2 Å². The number of methoxy groups -OCH3 is 2. The minimum Gasteiger partial charge on any atom is -0.497 e. The Morgan fingerprint density at radius 3 is 2.34 bits per heavy atom. The molecule has 0 aliphatic heterocycles. The van der Waals surface area contributed by atoms with Crippen LogP contribution in [-0.2, 0) is 4.79 Å². The number of anilines is 3. The average molecular weight is 468 g/mol. The molecular weight excluding hydrogens is 442 g/mol. The van der Waals surface area contributed by atoms with E-state index in [1.807, 2.05) is 73.7 Å². The quantitative estimate of drug-likeness (QED) is 0.293. The summed E-state index contributed by atoms with van der Waals surface area (Å²) in [7, 11) is 3.21. The standard InChI is InChI=1S/C24H25N3O3S2/c1-16(23(28)25-17-8-6-10-19(14-17)29-2)32-20-11-7-9-18(15-20)26-24(31)27-21-12-4-5-13-22(21)30-3/h4-16H,1-3H3,(H,25,28)(H2,26,27,31). The van der Waals surface area contributed by atoms with E-state index in [9.17, 15) is 4.79 Å². The predicted molar refractivity (Wildman–Crippen MR) is 136 cm³/mol. The van der Waals surface area contributed by atoms with Crippen molar-refractivity contribution >= 4 is 52.1 Å². The lowest BCUT2D eigenvalue weighted by molar-refractivity contribution is -0.115. The Morgan fingerprint density at radius 1 is 0.875 bits per heavy atom. The lowest BCUT2D eigenvalue weighted by atomic mass is 10.3. The van der Waals surface area contributed by atoms with E-state index in [0.717, 1.165) is 16.3 Å². The molecule has 1 atom stereocenters. The van der Waals surface area contributed by atoms with Gasteiger partial charge in [-0.3, -0.25) is 4.79 Å². The van der Waals surface area contributed by atoms with Crippen LogP contribution >= 0.6 is 24.0 Å². The first kappa shape index (κ1) is 23.4. The molecule has 166 valence electrons. The molecule has 0 aromatic heterocycles. The minimum absolute atomic E-state index is 0.0880. The predicted octanol–water partition coefficient (Wildman–Crippen LogP) is 5.63. The second kappa shape index (κ2) is 11.4. The number of thioether (sulfide) groups is 1. The summed E-state index contributed by atoms with van der Waals surface area (Å²) in [4.78, 5) is 13.6. The van der Waals surface area contributed by atoms with Crippen molar-refractivity contribution in [2.24, 2.45) is 0 Å². The number of carbonyl (C=O) groups excluding carboxylic acids is 1. The molecule has 6 nitrogen and oxygen atoms in total. The maximum absolute atomic E-state index is 12.6. The Morgan fingerprint density at radius 2 is 1.59 bits per heavy atom. The summed E-state index contributed by atoms with van der Waals surface area (Å²) < 4.78 is 10.5. The van der Waals surface area contributed by atoms with E-state index in [1.54, 1.807) is 20.3 Å².